The zero-order chi connectivity index (χ0) is 17.1. The van der Waals surface area contributed by atoms with E-state index in [9.17, 15) is 4.39 Å². The Balaban J connectivity index is 1.78. The highest BCUT2D eigenvalue weighted by atomic mass is 19.1. The molecule has 0 spiro atoms. The van der Waals surface area contributed by atoms with E-state index in [1.165, 1.54) is 17.7 Å². The monoisotopic (exact) mass is 326 g/mol. The Labute approximate surface area is 145 Å². The summed E-state index contributed by atoms with van der Waals surface area (Å²) in [6.07, 6.45) is 0.755. The summed E-state index contributed by atoms with van der Waals surface area (Å²) in [7, 11) is 0. The molecule has 0 bridgehead atoms. The fourth-order valence-corrected chi connectivity index (χ4v) is 2.84. The molecule has 1 nitrogen and oxygen atoms in total. The summed E-state index contributed by atoms with van der Waals surface area (Å²) in [5, 5.41) is 1.08. The second-order valence-electron chi connectivity index (χ2n) is 5.83. The molecule has 0 amide bonds. The van der Waals surface area contributed by atoms with Gasteiger partial charge in [0.2, 0.25) is 0 Å². The molecule has 0 atom stereocenters. The van der Waals surface area contributed by atoms with Crippen LogP contribution in [0.25, 0.3) is 11.0 Å². The van der Waals surface area contributed by atoms with Crippen LogP contribution >= 0.6 is 0 Å². The van der Waals surface area contributed by atoms with Crippen LogP contribution in [-0.4, -0.2) is 0 Å². The van der Waals surface area contributed by atoms with Crippen molar-refractivity contribution in [1.82, 2.24) is 0 Å². The van der Waals surface area contributed by atoms with Gasteiger partial charge in [-0.25, -0.2) is 4.39 Å². The first kappa shape index (κ1) is 15.2. The summed E-state index contributed by atoms with van der Waals surface area (Å²) < 4.78 is 19.0. The first-order chi connectivity index (χ1) is 12.3. The summed E-state index contributed by atoms with van der Waals surface area (Å²) >= 11 is 0. The van der Waals surface area contributed by atoms with Crippen LogP contribution in [-0.2, 0) is 6.42 Å². The molecule has 4 aromatic rings. The third-order valence-electron chi connectivity index (χ3n) is 4.09. The van der Waals surface area contributed by atoms with Gasteiger partial charge in [-0.1, -0.05) is 54.5 Å². The van der Waals surface area contributed by atoms with Crippen LogP contribution in [0.1, 0.15) is 22.5 Å². The van der Waals surface area contributed by atoms with Crippen molar-refractivity contribution in [2.45, 2.75) is 6.42 Å². The summed E-state index contributed by atoms with van der Waals surface area (Å²) in [5.74, 6) is 6.58. The first-order valence-electron chi connectivity index (χ1n) is 8.11. The standard InChI is InChI=1S/C23H15FO/c24-19-13-10-17(11-14-19)12-15-23-21(16-18-6-2-1-3-7-18)20-8-4-5-9-22(20)25-23/h1-11,13-14H,16H2. The molecule has 2 heteroatoms. The highest BCUT2D eigenvalue weighted by Crippen LogP contribution is 2.27. The van der Waals surface area contributed by atoms with Crippen molar-refractivity contribution in [3.8, 4) is 11.8 Å². The molecule has 0 aliphatic carbocycles. The SMILES string of the molecule is Fc1ccc(C#Cc2oc3ccccc3c2Cc2ccccc2)cc1. The van der Waals surface area contributed by atoms with Crippen LogP contribution in [0.2, 0.25) is 0 Å². The average molecular weight is 326 g/mol. The molecule has 0 fully saturated rings. The van der Waals surface area contributed by atoms with Gasteiger partial charge in [-0.2, -0.15) is 0 Å². The molecule has 1 aromatic heterocycles. The highest BCUT2D eigenvalue weighted by Gasteiger charge is 2.12. The number of benzene rings is 3. The molecule has 0 saturated heterocycles. The summed E-state index contributed by atoms with van der Waals surface area (Å²) in [6, 6.07) is 24.4. The van der Waals surface area contributed by atoms with E-state index >= 15 is 0 Å². The van der Waals surface area contributed by atoms with Gasteiger partial charge < -0.3 is 4.42 Å². The van der Waals surface area contributed by atoms with Crippen molar-refractivity contribution < 1.29 is 8.81 Å². The van der Waals surface area contributed by atoms with E-state index in [0.29, 0.717) is 5.76 Å². The molecular formula is C23H15FO. The quantitative estimate of drug-likeness (QED) is 0.439. The minimum absolute atomic E-state index is 0.265. The molecule has 25 heavy (non-hydrogen) atoms. The lowest BCUT2D eigenvalue weighted by Gasteiger charge is -2.00. The topological polar surface area (TPSA) is 13.1 Å². The third kappa shape index (κ3) is 3.32. The molecule has 4 rings (SSSR count). The average Bonchev–Trinajstić information content (AvgIpc) is 3.00. The normalized spacial score (nSPS) is 10.4. The van der Waals surface area contributed by atoms with Gasteiger partial charge in [-0.15, -0.1) is 0 Å². The van der Waals surface area contributed by atoms with E-state index in [4.69, 9.17) is 4.42 Å². The van der Waals surface area contributed by atoms with E-state index in [1.54, 1.807) is 12.1 Å². The van der Waals surface area contributed by atoms with Crippen LogP contribution < -0.4 is 0 Å². The van der Waals surface area contributed by atoms with Gasteiger partial charge in [0, 0.05) is 22.9 Å². The van der Waals surface area contributed by atoms with Gasteiger partial charge in [0.15, 0.2) is 5.76 Å². The Morgan fingerprint density at radius 1 is 0.760 bits per heavy atom. The van der Waals surface area contributed by atoms with Gasteiger partial charge in [0.25, 0.3) is 0 Å². The lowest BCUT2D eigenvalue weighted by atomic mass is 10.0. The van der Waals surface area contributed by atoms with E-state index < -0.39 is 0 Å². The van der Waals surface area contributed by atoms with E-state index in [1.807, 2.05) is 36.4 Å². The van der Waals surface area contributed by atoms with Gasteiger partial charge in [0.1, 0.15) is 11.4 Å². The molecule has 0 radical (unpaired) electrons. The number of hydrogen-bond acceptors (Lipinski definition) is 1. The highest BCUT2D eigenvalue weighted by molar-refractivity contribution is 5.83. The van der Waals surface area contributed by atoms with Crippen molar-refractivity contribution in [2.75, 3.05) is 0 Å². The maximum atomic E-state index is 13.0. The van der Waals surface area contributed by atoms with Gasteiger partial charge in [-0.05, 0) is 41.8 Å². The molecule has 1 heterocycles. The van der Waals surface area contributed by atoms with E-state index in [0.717, 1.165) is 28.5 Å². The molecule has 0 aliphatic heterocycles. The Kier molecular flexibility index (Phi) is 4.06. The minimum Gasteiger partial charge on any atom is -0.447 e. The number of fused-ring (bicyclic) bond motifs is 1. The van der Waals surface area contributed by atoms with Crippen LogP contribution in [0.4, 0.5) is 4.39 Å². The molecule has 0 saturated carbocycles. The maximum Gasteiger partial charge on any atom is 0.182 e. The summed E-state index contributed by atoms with van der Waals surface area (Å²) in [5.41, 5.74) is 3.87. The third-order valence-corrected chi connectivity index (χ3v) is 4.09. The van der Waals surface area contributed by atoms with Crippen LogP contribution in [0, 0.1) is 17.7 Å². The van der Waals surface area contributed by atoms with Gasteiger partial charge in [0.05, 0.1) is 0 Å². The van der Waals surface area contributed by atoms with Crippen LogP contribution in [0.15, 0.2) is 83.3 Å². The molecule has 0 N–H and O–H groups in total. The van der Waals surface area contributed by atoms with Crippen molar-refractivity contribution >= 4 is 11.0 Å². The van der Waals surface area contributed by atoms with Crippen molar-refractivity contribution in [1.29, 1.82) is 0 Å². The van der Waals surface area contributed by atoms with Crippen LogP contribution in [0.5, 0.6) is 0 Å². The summed E-state index contributed by atoms with van der Waals surface area (Å²) in [4.78, 5) is 0. The number of furan rings is 1. The Bertz CT molecular complexity index is 1060. The van der Waals surface area contributed by atoms with Gasteiger partial charge in [-0.3, -0.25) is 0 Å². The molecule has 120 valence electrons. The van der Waals surface area contributed by atoms with E-state index in [2.05, 4.69) is 30.0 Å². The fraction of sp³-hybridized carbons (Fsp3) is 0.0435. The predicted molar refractivity (Wildman–Crippen MR) is 97.8 cm³/mol. The lowest BCUT2D eigenvalue weighted by Crippen LogP contribution is -1.89. The molecular weight excluding hydrogens is 311 g/mol. The lowest BCUT2D eigenvalue weighted by molar-refractivity contribution is 0.597. The number of para-hydroxylation sites is 1. The van der Waals surface area contributed by atoms with Crippen LogP contribution in [0.3, 0.4) is 0 Å². The Hall–Kier alpha value is -3.31. The summed E-state index contributed by atoms with van der Waals surface area (Å²) in [6.45, 7) is 0. The van der Waals surface area contributed by atoms with Gasteiger partial charge >= 0.3 is 0 Å². The number of halogens is 1. The zero-order valence-corrected chi connectivity index (χ0v) is 13.5. The Morgan fingerprint density at radius 2 is 1.48 bits per heavy atom. The number of rotatable bonds is 2. The minimum atomic E-state index is -0.265. The molecule has 0 unspecified atom stereocenters. The van der Waals surface area contributed by atoms with Crippen molar-refractivity contribution in [2.24, 2.45) is 0 Å². The first-order valence-corrected chi connectivity index (χ1v) is 8.11. The maximum absolute atomic E-state index is 13.0. The second kappa shape index (κ2) is 6.67. The predicted octanol–water partition coefficient (Wildman–Crippen LogP) is 5.56. The Morgan fingerprint density at radius 3 is 2.28 bits per heavy atom. The molecule has 0 aliphatic rings. The smallest absolute Gasteiger partial charge is 0.182 e. The largest absolute Gasteiger partial charge is 0.447 e. The van der Waals surface area contributed by atoms with E-state index in [-0.39, 0.29) is 5.82 Å². The fourth-order valence-electron chi connectivity index (χ4n) is 2.84. The van der Waals surface area contributed by atoms with Crippen molar-refractivity contribution in [3.05, 3.63) is 107 Å². The second-order valence-corrected chi connectivity index (χ2v) is 5.83. The number of hydrogen-bond donors (Lipinski definition) is 0. The van der Waals surface area contributed by atoms with Crippen molar-refractivity contribution in [3.63, 3.8) is 0 Å². The molecule has 3 aromatic carbocycles. The zero-order valence-electron chi connectivity index (χ0n) is 13.5.